The van der Waals surface area contributed by atoms with Crippen molar-refractivity contribution in [3.05, 3.63) is 36.0 Å². The minimum Gasteiger partial charge on any atom is -0.361 e. The summed E-state index contributed by atoms with van der Waals surface area (Å²) in [5.41, 5.74) is 1.80. The number of benzene rings is 1. The average Bonchev–Trinajstić information content (AvgIpc) is 2.93. The monoisotopic (exact) mass is 290 g/mol. The number of hydrogen-bond acceptors (Lipinski definition) is 2. The predicted molar refractivity (Wildman–Crippen MR) is 87.5 cm³/mol. The van der Waals surface area contributed by atoms with E-state index in [2.05, 4.69) is 16.6 Å². The molecule has 0 atom stereocenters. The number of unbranched alkanes of at least 4 members (excludes halogenated alkanes) is 3. The molecule has 0 aliphatic rings. The van der Waals surface area contributed by atoms with Crippen molar-refractivity contribution in [2.24, 2.45) is 0 Å². The van der Waals surface area contributed by atoms with Crippen LogP contribution in [0.1, 0.15) is 36.0 Å². The summed E-state index contributed by atoms with van der Waals surface area (Å²) in [5, 5.41) is 4.07. The number of fused-ring (bicyclic) bond motifs is 1. The van der Waals surface area contributed by atoms with Gasteiger partial charge in [-0.05, 0) is 49.1 Å². The van der Waals surface area contributed by atoms with Gasteiger partial charge in [-0.25, -0.2) is 0 Å². The van der Waals surface area contributed by atoms with E-state index in [9.17, 15) is 4.79 Å². The molecule has 0 fully saturated rings. The van der Waals surface area contributed by atoms with E-state index in [4.69, 9.17) is 0 Å². The van der Waals surface area contributed by atoms with E-state index in [0.717, 1.165) is 29.4 Å². The highest BCUT2D eigenvalue weighted by Gasteiger charge is 2.05. The number of nitrogens with one attached hydrogen (secondary N) is 2. The molecule has 108 valence electrons. The van der Waals surface area contributed by atoms with E-state index in [1.807, 2.05) is 42.2 Å². The lowest BCUT2D eigenvalue weighted by Gasteiger charge is -2.05. The molecule has 2 rings (SSSR count). The second kappa shape index (κ2) is 8.00. The third-order valence-corrected chi connectivity index (χ3v) is 4.07. The number of H-pyrrole nitrogens is 1. The molecule has 4 heteroatoms. The molecular formula is C16H22N2OS. The van der Waals surface area contributed by atoms with Crippen molar-refractivity contribution in [3.8, 4) is 0 Å². The van der Waals surface area contributed by atoms with E-state index in [0.29, 0.717) is 0 Å². The number of carbonyl (C=O) groups excluding carboxylic acids is 1. The van der Waals surface area contributed by atoms with Crippen molar-refractivity contribution in [2.45, 2.75) is 25.7 Å². The van der Waals surface area contributed by atoms with Crippen molar-refractivity contribution < 1.29 is 4.79 Å². The largest absolute Gasteiger partial charge is 0.361 e. The Hall–Kier alpha value is -1.42. The zero-order valence-electron chi connectivity index (χ0n) is 11.9. The molecule has 1 aromatic heterocycles. The molecule has 1 aromatic carbocycles. The Kier molecular flexibility index (Phi) is 5.99. The summed E-state index contributed by atoms with van der Waals surface area (Å²) < 4.78 is 0. The number of thioether (sulfide) groups is 1. The van der Waals surface area contributed by atoms with Gasteiger partial charge in [0.05, 0.1) is 0 Å². The molecule has 0 aliphatic carbocycles. The zero-order chi connectivity index (χ0) is 14.2. The minimum atomic E-state index is 0.0252. The average molecular weight is 290 g/mol. The first-order valence-corrected chi connectivity index (χ1v) is 8.55. The molecule has 1 amide bonds. The third-order valence-electron chi connectivity index (χ3n) is 3.38. The summed E-state index contributed by atoms with van der Waals surface area (Å²) in [7, 11) is 0. The fraction of sp³-hybridized carbons (Fsp3) is 0.438. The lowest BCUT2D eigenvalue weighted by molar-refractivity contribution is 0.0953. The van der Waals surface area contributed by atoms with Gasteiger partial charge in [0.25, 0.3) is 5.91 Å². The molecular weight excluding hydrogens is 268 g/mol. The highest BCUT2D eigenvalue weighted by molar-refractivity contribution is 7.98. The summed E-state index contributed by atoms with van der Waals surface area (Å²) in [6, 6.07) is 7.73. The number of carbonyl (C=O) groups is 1. The molecule has 0 unspecified atom stereocenters. The van der Waals surface area contributed by atoms with Crippen molar-refractivity contribution >= 4 is 28.6 Å². The molecule has 0 spiro atoms. The fourth-order valence-corrected chi connectivity index (χ4v) is 2.72. The molecule has 2 aromatic rings. The number of aromatic amines is 1. The van der Waals surface area contributed by atoms with E-state index >= 15 is 0 Å². The molecule has 1 heterocycles. The standard InChI is InChI=1S/C16H22N2OS/c1-20-11-5-3-2-4-9-18-16(19)14-6-7-15-13(12-14)8-10-17-15/h6-8,10,12,17H,2-5,9,11H2,1H3,(H,18,19). The molecule has 0 bridgehead atoms. The van der Waals surface area contributed by atoms with Crippen LogP contribution in [0, 0.1) is 0 Å². The van der Waals surface area contributed by atoms with Crippen LogP contribution in [0.15, 0.2) is 30.5 Å². The highest BCUT2D eigenvalue weighted by atomic mass is 32.2. The molecule has 0 aliphatic heterocycles. The number of hydrogen-bond donors (Lipinski definition) is 2. The van der Waals surface area contributed by atoms with Gasteiger partial charge in [0.1, 0.15) is 0 Å². The Morgan fingerprint density at radius 2 is 2.05 bits per heavy atom. The van der Waals surface area contributed by atoms with Gasteiger partial charge in [0.2, 0.25) is 0 Å². The van der Waals surface area contributed by atoms with Crippen LogP contribution in [0.5, 0.6) is 0 Å². The van der Waals surface area contributed by atoms with Gasteiger partial charge in [-0.1, -0.05) is 12.8 Å². The van der Waals surface area contributed by atoms with E-state index in [1.165, 1.54) is 25.0 Å². The Balaban J connectivity index is 1.71. The minimum absolute atomic E-state index is 0.0252. The Morgan fingerprint density at radius 1 is 1.20 bits per heavy atom. The van der Waals surface area contributed by atoms with Crippen LogP contribution in [-0.2, 0) is 0 Å². The predicted octanol–water partition coefficient (Wildman–Crippen LogP) is 3.82. The number of amides is 1. The van der Waals surface area contributed by atoms with E-state index in [1.54, 1.807) is 0 Å². The third kappa shape index (κ3) is 4.30. The Bertz CT molecular complexity index is 550. The van der Waals surface area contributed by atoms with Gasteiger partial charge < -0.3 is 10.3 Å². The summed E-state index contributed by atoms with van der Waals surface area (Å²) in [6.07, 6.45) is 8.82. The Labute approximate surface area is 124 Å². The van der Waals surface area contributed by atoms with Crippen LogP contribution < -0.4 is 5.32 Å². The van der Waals surface area contributed by atoms with Gasteiger partial charge in [0.15, 0.2) is 0 Å². The lowest BCUT2D eigenvalue weighted by atomic mass is 10.1. The first-order valence-electron chi connectivity index (χ1n) is 7.15. The normalized spacial score (nSPS) is 10.8. The summed E-state index contributed by atoms with van der Waals surface area (Å²) >= 11 is 1.90. The Morgan fingerprint density at radius 3 is 2.90 bits per heavy atom. The van der Waals surface area contributed by atoms with Crippen LogP contribution in [0.25, 0.3) is 10.9 Å². The van der Waals surface area contributed by atoms with E-state index < -0.39 is 0 Å². The topological polar surface area (TPSA) is 44.9 Å². The number of rotatable bonds is 8. The van der Waals surface area contributed by atoms with Gasteiger partial charge in [-0.3, -0.25) is 4.79 Å². The van der Waals surface area contributed by atoms with Crippen LogP contribution in [0.4, 0.5) is 0 Å². The van der Waals surface area contributed by atoms with Crippen LogP contribution in [0.3, 0.4) is 0 Å². The quantitative estimate of drug-likeness (QED) is 0.726. The maximum atomic E-state index is 12.0. The number of aromatic nitrogens is 1. The SMILES string of the molecule is CSCCCCCCNC(=O)c1ccc2[nH]ccc2c1. The van der Waals surface area contributed by atoms with Gasteiger partial charge >= 0.3 is 0 Å². The second-order valence-corrected chi connectivity index (χ2v) is 5.93. The van der Waals surface area contributed by atoms with Crippen LogP contribution >= 0.6 is 11.8 Å². The fourth-order valence-electron chi connectivity index (χ4n) is 2.22. The molecule has 0 saturated carbocycles. The smallest absolute Gasteiger partial charge is 0.251 e. The van der Waals surface area contributed by atoms with Crippen LogP contribution in [0.2, 0.25) is 0 Å². The lowest BCUT2D eigenvalue weighted by Crippen LogP contribution is -2.24. The molecule has 3 nitrogen and oxygen atoms in total. The summed E-state index contributed by atoms with van der Waals surface area (Å²) in [6.45, 7) is 0.767. The molecule has 0 radical (unpaired) electrons. The maximum Gasteiger partial charge on any atom is 0.251 e. The van der Waals surface area contributed by atoms with Crippen molar-refractivity contribution in [1.29, 1.82) is 0 Å². The van der Waals surface area contributed by atoms with E-state index in [-0.39, 0.29) is 5.91 Å². The van der Waals surface area contributed by atoms with Gasteiger partial charge in [-0.15, -0.1) is 0 Å². The van der Waals surface area contributed by atoms with Crippen molar-refractivity contribution in [3.63, 3.8) is 0 Å². The molecule has 0 saturated heterocycles. The molecule has 20 heavy (non-hydrogen) atoms. The van der Waals surface area contributed by atoms with Crippen molar-refractivity contribution in [2.75, 3.05) is 18.6 Å². The highest BCUT2D eigenvalue weighted by Crippen LogP contribution is 2.14. The second-order valence-electron chi connectivity index (χ2n) is 4.94. The molecule has 2 N–H and O–H groups in total. The first-order chi connectivity index (χ1) is 9.81. The van der Waals surface area contributed by atoms with Crippen molar-refractivity contribution in [1.82, 2.24) is 10.3 Å². The van der Waals surface area contributed by atoms with Crippen LogP contribution in [-0.4, -0.2) is 29.4 Å². The zero-order valence-corrected chi connectivity index (χ0v) is 12.8. The van der Waals surface area contributed by atoms with Gasteiger partial charge in [-0.2, -0.15) is 11.8 Å². The summed E-state index contributed by atoms with van der Waals surface area (Å²) in [4.78, 5) is 15.1. The van der Waals surface area contributed by atoms with Gasteiger partial charge in [0, 0.05) is 29.2 Å². The first kappa shape index (κ1) is 15.0. The maximum absolute atomic E-state index is 12.0. The summed E-state index contributed by atoms with van der Waals surface area (Å²) in [5.74, 6) is 1.26.